The minimum Gasteiger partial charge on any atom is -0.493 e. The van der Waals surface area contributed by atoms with Crippen molar-refractivity contribution in [3.63, 3.8) is 0 Å². The Labute approximate surface area is 170 Å². The first kappa shape index (κ1) is 22.7. The maximum Gasteiger partial charge on any atom is 0.377 e. The van der Waals surface area contributed by atoms with Gasteiger partial charge in [0.05, 0.1) is 4.90 Å². The highest BCUT2D eigenvalue weighted by atomic mass is 32.2. The lowest BCUT2D eigenvalue weighted by molar-refractivity contribution is -0.153. The van der Waals surface area contributed by atoms with Crippen LogP contribution >= 0.6 is 0 Å². The second-order valence-electron chi connectivity index (χ2n) is 6.31. The molecule has 1 heterocycles. The van der Waals surface area contributed by atoms with E-state index in [2.05, 4.69) is 5.32 Å². The molecule has 1 aromatic carbocycles. The van der Waals surface area contributed by atoms with Gasteiger partial charge in [0.2, 0.25) is 15.8 Å². The van der Waals surface area contributed by atoms with Crippen molar-refractivity contribution in [2.75, 3.05) is 31.6 Å². The van der Waals surface area contributed by atoms with Crippen molar-refractivity contribution in [3.8, 4) is 0 Å². The van der Waals surface area contributed by atoms with Gasteiger partial charge in [0.15, 0.2) is 6.10 Å². The number of ether oxygens (including phenoxy) is 3. The summed E-state index contributed by atoms with van der Waals surface area (Å²) >= 11 is 0. The van der Waals surface area contributed by atoms with Gasteiger partial charge in [-0.15, -0.1) is 0 Å². The summed E-state index contributed by atoms with van der Waals surface area (Å²) in [7, 11) is -3.69. The Hall–Kier alpha value is -2.59. The predicted octanol–water partition coefficient (Wildman–Crippen LogP) is 1.78. The van der Waals surface area contributed by atoms with Crippen LogP contribution in [0.2, 0.25) is 0 Å². The number of anilines is 1. The summed E-state index contributed by atoms with van der Waals surface area (Å²) in [5, 5.41) is 2.57. The molecular formula is C19H26N2O7S. The standard InChI is InChI=1S/C19H26N2O7S/c1-5-21(6-2)29(24,25)17-11-15(8-7-13(17)3)20-18(22)14(4)28-19(23)16-12-26-9-10-27-16/h7-8,11-12,14H,5-6,9-10H2,1-4H3,(H,20,22). The molecule has 1 unspecified atom stereocenters. The van der Waals surface area contributed by atoms with E-state index in [9.17, 15) is 18.0 Å². The Morgan fingerprint density at radius 1 is 1.24 bits per heavy atom. The van der Waals surface area contributed by atoms with Crippen LogP contribution in [0, 0.1) is 6.92 Å². The predicted molar refractivity (Wildman–Crippen MR) is 105 cm³/mol. The smallest absolute Gasteiger partial charge is 0.377 e. The number of esters is 1. The monoisotopic (exact) mass is 426 g/mol. The Morgan fingerprint density at radius 2 is 1.93 bits per heavy atom. The molecule has 1 amide bonds. The van der Waals surface area contributed by atoms with Gasteiger partial charge in [-0.25, -0.2) is 13.2 Å². The maximum atomic E-state index is 12.8. The number of hydrogen-bond acceptors (Lipinski definition) is 7. The number of rotatable bonds is 8. The molecule has 1 N–H and O–H groups in total. The molecule has 0 radical (unpaired) electrons. The van der Waals surface area contributed by atoms with Crippen molar-refractivity contribution in [2.24, 2.45) is 0 Å². The summed E-state index contributed by atoms with van der Waals surface area (Å²) in [6, 6.07) is 4.60. The minimum atomic E-state index is -3.69. The van der Waals surface area contributed by atoms with Crippen LogP contribution < -0.4 is 5.32 Å². The zero-order valence-electron chi connectivity index (χ0n) is 16.9. The quantitative estimate of drug-likeness (QED) is 0.631. The van der Waals surface area contributed by atoms with E-state index in [4.69, 9.17) is 14.2 Å². The fourth-order valence-electron chi connectivity index (χ4n) is 2.65. The Morgan fingerprint density at radius 3 is 2.52 bits per heavy atom. The fourth-order valence-corrected chi connectivity index (χ4v) is 4.36. The molecule has 0 saturated carbocycles. The molecule has 0 spiro atoms. The Bertz CT molecular complexity index is 892. The molecular weight excluding hydrogens is 400 g/mol. The summed E-state index contributed by atoms with van der Waals surface area (Å²) in [5.74, 6) is -1.54. The van der Waals surface area contributed by atoms with E-state index < -0.39 is 28.0 Å². The van der Waals surface area contributed by atoms with Crippen LogP contribution in [-0.2, 0) is 33.8 Å². The van der Waals surface area contributed by atoms with Crippen LogP contribution in [0.15, 0.2) is 35.1 Å². The average molecular weight is 426 g/mol. The maximum absolute atomic E-state index is 12.8. The third-order valence-electron chi connectivity index (χ3n) is 4.28. The van der Waals surface area contributed by atoms with Gasteiger partial charge in [0.25, 0.3) is 5.91 Å². The third kappa shape index (κ3) is 5.48. The van der Waals surface area contributed by atoms with E-state index in [1.807, 2.05) is 0 Å². The van der Waals surface area contributed by atoms with Crippen LogP contribution in [0.1, 0.15) is 26.3 Å². The van der Waals surface area contributed by atoms with Gasteiger partial charge in [-0.1, -0.05) is 19.9 Å². The Balaban J connectivity index is 2.12. The number of nitrogens with zero attached hydrogens (tertiary/aromatic N) is 1. The topological polar surface area (TPSA) is 111 Å². The molecule has 0 aromatic heterocycles. The van der Waals surface area contributed by atoms with Gasteiger partial charge in [0.1, 0.15) is 19.5 Å². The number of amides is 1. The van der Waals surface area contributed by atoms with Crippen molar-refractivity contribution >= 4 is 27.6 Å². The molecule has 29 heavy (non-hydrogen) atoms. The SMILES string of the molecule is CCN(CC)S(=O)(=O)c1cc(NC(=O)C(C)OC(=O)C2=COCCO2)ccc1C. The zero-order valence-corrected chi connectivity index (χ0v) is 17.7. The van der Waals surface area contributed by atoms with Gasteiger partial charge in [-0.3, -0.25) is 4.79 Å². The highest BCUT2D eigenvalue weighted by Gasteiger charge is 2.26. The fraction of sp³-hybridized carbons (Fsp3) is 0.474. The van der Waals surface area contributed by atoms with Crippen LogP contribution in [-0.4, -0.2) is 57.0 Å². The van der Waals surface area contributed by atoms with Gasteiger partial charge < -0.3 is 19.5 Å². The van der Waals surface area contributed by atoms with E-state index in [1.54, 1.807) is 32.9 Å². The average Bonchev–Trinajstić information content (AvgIpc) is 2.70. The van der Waals surface area contributed by atoms with E-state index in [-0.39, 0.29) is 22.9 Å². The van der Waals surface area contributed by atoms with Crippen molar-refractivity contribution in [2.45, 2.75) is 38.7 Å². The molecule has 1 atom stereocenters. The number of carbonyl (C=O) groups is 2. The number of sulfonamides is 1. The molecule has 1 aromatic rings. The lowest BCUT2D eigenvalue weighted by Crippen LogP contribution is -2.32. The zero-order chi connectivity index (χ0) is 21.6. The van der Waals surface area contributed by atoms with Crippen LogP contribution in [0.3, 0.4) is 0 Å². The molecule has 10 heteroatoms. The van der Waals surface area contributed by atoms with Crippen LogP contribution in [0.5, 0.6) is 0 Å². The van der Waals surface area contributed by atoms with Crippen molar-refractivity contribution in [3.05, 3.63) is 35.8 Å². The first-order valence-corrected chi connectivity index (χ1v) is 10.7. The summed E-state index contributed by atoms with van der Waals surface area (Å²) in [5.41, 5.74) is 0.849. The van der Waals surface area contributed by atoms with Gasteiger partial charge >= 0.3 is 5.97 Å². The van der Waals surface area contributed by atoms with Gasteiger partial charge in [0, 0.05) is 18.8 Å². The number of aryl methyl sites for hydroxylation is 1. The van der Waals surface area contributed by atoms with E-state index >= 15 is 0 Å². The second-order valence-corrected chi connectivity index (χ2v) is 8.21. The van der Waals surface area contributed by atoms with Crippen molar-refractivity contribution in [1.29, 1.82) is 0 Å². The van der Waals surface area contributed by atoms with Crippen molar-refractivity contribution in [1.82, 2.24) is 4.31 Å². The molecule has 160 valence electrons. The summed E-state index contributed by atoms with van der Waals surface area (Å²) in [6.45, 7) is 7.83. The third-order valence-corrected chi connectivity index (χ3v) is 6.47. The molecule has 1 aliphatic rings. The summed E-state index contributed by atoms with van der Waals surface area (Å²) < 4.78 is 42.1. The number of hydrogen-bond donors (Lipinski definition) is 1. The number of benzene rings is 1. The molecule has 0 saturated heterocycles. The van der Waals surface area contributed by atoms with E-state index in [0.717, 1.165) is 6.26 Å². The highest BCUT2D eigenvalue weighted by Crippen LogP contribution is 2.24. The Kier molecular flexibility index (Phi) is 7.63. The van der Waals surface area contributed by atoms with Gasteiger partial charge in [-0.05, 0) is 31.5 Å². The van der Waals surface area contributed by atoms with Gasteiger partial charge in [-0.2, -0.15) is 4.31 Å². The van der Waals surface area contributed by atoms with Crippen LogP contribution in [0.4, 0.5) is 5.69 Å². The molecule has 0 fully saturated rings. The molecule has 1 aliphatic heterocycles. The largest absolute Gasteiger partial charge is 0.493 e. The molecule has 9 nitrogen and oxygen atoms in total. The number of carbonyl (C=O) groups excluding carboxylic acids is 2. The second kappa shape index (κ2) is 9.75. The van der Waals surface area contributed by atoms with E-state index in [0.29, 0.717) is 25.3 Å². The first-order valence-electron chi connectivity index (χ1n) is 9.27. The first-order chi connectivity index (χ1) is 13.7. The summed E-state index contributed by atoms with van der Waals surface area (Å²) in [4.78, 5) is 24.5. The highest BCUT2D eigenvalue weighted by molar-refractivity contribution is 7.89. The lowest BCUT2D eigenvalue weighted by atomic mass is 10.2. The van der Waals surface area contributed by atoms with Crippen molar-refractivity contribution < 1.29 is 32.2 Å². The lowest BCUT2D eigenvalue weighted by Gasteiger charge is -2.21. The summed E-state index contributed by atoms with van der Waals surface area (Å²) in [6.07, 6.45) is 0.0129. The van der Waals surface area contributed by atoms with Crippen LogP contribution in [0.25, 0.3) is 0 Å². The molecule has 0 bridgehead atoms. The van der Waals surface area contributed by atoms with E-state index in [1.165, 1.54) is 17.3 Å². The normalized spacial score (nSPS) is 15.0. The molecule has 0 aliphatic carbocycles. The molecule has 2 rings (SSSR count). The number of nitrogens with one attached hydrogen (secondary N) is 1. The minimum absolute atomic E-state index is 0.112.